The van der Waals surface area contributed by atoms with Gasteiger partial charge in [-0.25, -0.2) is 0 Å². The number of carbonyl (C=O) groups excluding carboxylic acids is 1. The van der Waals surface area contributed by atoms with Gasteiger partial charge in [0, 0.05) is 37.7 Å². The topological polar surface area (TPSA) is 63.7 Å². The first-order chi connectivity index (χ1) is 12.3. The van der Waals surface area contributed by atoms with Crippen LogP contribution in [-0.2, 0) is 11.3 Å². The molecule has 1 saturated heterocycles. The van der Waals surface area contributed by atoms with Crippen LogP contribution in [0.1, 0.15) is 18.4 Å². The van der Waals surface area contributed by atoms with Crippen molar-refractivity contribution in [2.75, 3.05) is 24.8 Å². The Balaban J connectivity index is 1.34. The molecule has 130 valence electrons. The van der Waals surface area contributed by atoms with Crippen LogP contribution in [0.15, 0.2) is 42.7 Å². The molecule has 1 aromatic carbocycles. The van der Waals surface area contributed by atoms with Crippen LogP contribution >= 0.6 is 0 Å². The molecule has 1 amide bonds. The van der Waals surface area contributed by atoms with E-state index in [1.54, 1.807) is 12.4 Å². The van der Waals surface area contributed by atoms with Crippen LogP contribution in [0.25, 0.3) is 0 Å². The average molecular weight is 339 g/mol. The number of pyridine rings is 1. The minimum Gasteiger partial charge on any atom is -0.454 e. The van der Waals surface area contributed by atoms with Gasteiger partial charge in [-0.3, -0.25) is 9.78 Å². The van der Waals surface area contributed by atoms with Crippen molar-refractivity contribution < 1.29 is 14.3 Å². The monoisotopic (exact) mass is 339 g/mol. The predicted octanol–water partition coefficient (Wildman–Crippen LogP) is 2.34. The maximum Gasteiger partial charge on any atom is 0.231 e. The Morgan fingerprint density at radius 1 is 1.20 bits per heavy atom. The molecule has 4 rings (SSSR count). The van der Waals surface area contributed by atoms with Crippen molar-refractivity contribution in [2.45, 2.75) is 19.4 Å². The molecule has 0 spiro atoms. The predicted molar refractivity (Wildman–Crippen MR) is 93.6 cm³/mol. The van der Waals surface area contributed by atoms with Crippen molar-refractivity contribution in [1.29, 1.82) is 0 Å². The number of piperidine rings is 1. The van der Waals surface area contributed by atoms with E-state index in [-0.39, 0.29) is 18.6 Å². The number of hydrogen-bond acceptors (Lipinski definition) is 5. The van der Waals surface area contributed by atoms with E-state index in [9.17, 15) is 4.79 Å². The van der Waals surface area contributed by atoms with E-state index in [1.807, 2.05) is 30.3 Å². The SMILES string of the molecule is O=C(NCc1ccc2c(c1)OCO2)C1CCCN(c2ccncc2)C1. The lowest BCUT2D eigenvalue weighted by atomic mass is 9.96. The summed E-state index contributed by atoms with van der Waals surface area (Å²) in [6.07, 6.45) is 5.52. The van der Waals surface area contributed by atoms with Gasteiger partial charge in [0.2, 0.25) is 12.7 Å². The largest absolute Gasteiger partial charge is 0.454 e. The van der Waals surface area contributed by atoms with Crippen molar-refractivity contribution in [3.63, 3.8) is 0 Å². The maximum absolute atomic E-state index is 12.6. The molecule has 1 aromatic heterocycles. The number of benzene rings is 1. The standard InChI is InChI=1S/C19H21N3O3/c23-19(21-11-14-3-4-17-18(10-14)25-13-24-17)15-2-1-9-22(12-15)16-5-7-20-8-6-16/h3-8,10,15H,1-2,9,11-13H2,(H,21,23). The van der Waals surface area contributed by atoms with E-state index in [2.05, 4.69) is 15.2 Å². The van der Waals surface area contributed by atoms with Crippen LogP contribution in [0.4, 0.5) is 5.69 Å². The van der Waals surface area contributed by atoms with Gasteiger partial charge in [-0.15, -0.1) is 0 Å². The highest BCUT2D eigenvalue weighted by Gasteiger charge is 2.26. The average Bonchev–Trinajstić information content (AvgIpc) is 3.15. The summed E-state index contributed by atoms with van der Waals surface area (Å²) < 4.78 is 10.7. The molecule has 1 fully saturated rings. The minimum atomic E-state index is 0.0101. The van der Waals surface area contributed by atoms with E-state index in [4.69, 9.17) is 9.47 Å². The Morgan fingerprint density at radius 3 is 2.92 bits per heavy atom. The normalized spacial score (nSPS) is 18.9. The number of fused-ring (bicyclic) bond motifs is 1. The summed E-state index contributed by atoms with van der Waals surface area (Å²) in [6, 6.07) is 9.75. The first kappa shape index (κ1) is 15.7. The lowest BCUT2D eigenvalue weighted by molar-refractivity contribution is -0.125. The molecule has 0 radical (unpaired) electrons. The minimum absolute atomic E-state index is 0.0101. The second-order valence-electron chi connectivity index (χ2n) is 6.40. The van der Waals surface area contributed by atoms with Crippen LogP contribution in [0.3, 0.4) is 0 Å². The fraction of sp³-hybridized carbons (Fsp3) is 0.368. The Labute approximate surface area is 146 Å². The van der Waals surface area contributed by atoms with E-state index in [0.717, 1.165) is 48.7 Å². The summed E-state index contributed by atoms with van der Waals surface area (Å²) in [7, 11) is 0. The smallest absolute Gasteiger partial charge is 0.231 e. The first-order valence-electron chi connectivity index (χ1n) is 8.61. The highest BCUT2D eigenvalue weighted by atomic mass is 16.7. The number of amides is 1. The Morgan fingerprint density at radius 2 is 2.04 bits per heavy atom. The van der Waals surface area contributed by atoms with Crippen molar-refractivity contribution in [3.8, 4) is 11.5 Å². The van der Waals surface area contributed by atoms with Gasteiger partial charge in [0.25, 0.3) is 0 Å². The van der Waals surface area contributed by atoms with Crippen LogP contribution in [0.5, 0.6) is 11.5 Å². The number of hydrogen-bond donors (Lipinski definition) is 1. The molecule has 25 heavy (non-hydrogen) atoms. The molecule has 6 heteroatoms. The zero-order valence-corrected chi connectivity index (χ0v) is 14.0. The molecule has 0 bridgehead atoms. The van der Waals surface area contributed by atoms with Gasteiger partial charge in [-0.2, -0.15) is 0 Å². The second-order valence-corrected chi connectivity index (χ2v) is 6.40. The van der Waals surface area contributed by atoms with E-state index >= 15 is 0 Å². The van der Waals surface area contributed by atoms with E-state index in [0.29, 0.717) is 6.54 Å². The van der Waals surface area contributed by atoms with E-state index in [1.165, 1.54) is 0 Å². The van der Waals surface area contributed by atoms with Crippen molar-refractivity contribution in [3.05, 3.63) is 48.3 Å². The number of rotatable bonds is 4. The summed E-state index contributed by atoms with van der Waals surface area (Å²) in [5.41, 5.74) is 2.14. The number of aromatic nitrogens is 1. The van der Waals surface area contributed by atoms with Crippen molar-refractivity contribution in [2.24, 2.45) is 5.92 Å². The van der Waals surface area contributed by atoms with Gasteiger partial charge < -0.3 is 19.7 Å². The summed E-state index contributed by atoms with van der Waals surface area (Å²) in [4.78, 5) is 18.9. The van der Waals surface area contributed by atoms with Crippen molar-refractivity contribution >= 4 is 11.6 Å². The van der Waals surface area contributed by atoms with Gasteiger partial charge in [0.05, 0.1) is 5.92 Å². The third-order valence-electron chi connectivity index (χ3n) is 4.72. The molecular formula is C19H21N3O3. The summed E-state index contributed by atoms with van der Waals surface area (Å²) in [5, 5.41) is 3.06. The molecule has 0 aliphatic carbocycles. The van der Waals surface area contributed by atoms with Gasteiger partial charge in [-0.1, -0.05) is 6.07 Å². The molecule has 2 aromatic rings. The zero-order valence-electron chi connectivity index (χ0n) is 14.0. The summed E-state index contributed by atoms with van der Waals surface area (Å²) >= 11 is 0. The first-order valence-corrected chi connectivity index (χ1v) is 8.61. The molecule has 0 saturated carbocycles. The van der Waals surface area contributed by atoms with Crippen LogP contribution in [0.2, 0.25) is 0 Å². The summed E-state index contributed by atoms with van der Waals surface area (Å²) in [6.45, 7) is 2.49. The zero-order chi connectivity index (χ0) is 17.1. The molecule has 1 unspecified atom stereocenters. The van der Waals surface area contributed by atoms with Gasteiger partial charge in [0.1, 0.15) is 0 Å². The number of nitrogens with one attached hydrogen (secondary N) is 1. The van der Waals surface area contributed by atoms with Gasteiger partial charge in [0.15, 0.2) is 11.5 Å². The molecular weight excluding hydrogens is 318 g/mol. The third-order valence-corrected chi connectivity index (χ3v) is 4.72. The van der Waals surface area contributed by atoms with Crippen LogP contribution < -0.4 is 19.7 Å². The number of ether oxygens (including phenoxy) is 2. The lowest BCUT2D eigenvalue weighted by Gasteiger charge is -2.33. The number of nitrogens with zero attached hydrogens (tertiary/aromatic N) is 2. The maximum atomic E-state index is 12.6. The second kappa shape index (κ2) is 7.01. The van der Waals surface area contributed by atoms with Gasteiger partial charge in [-0.05, 0) is 42.7 Å². The highest BCUT2D eigenvalue weighted by Crippen LogP contribution is 2.32. The molecule has 2 aliphatic heterocycles. The third kappa shape index (κ3) is 3.52. The fourth-order valence-electron chi connectivity index (χ4n) is 3.36. The molecule has 1 atom stereocenters. The molecule has 2 aliphatic rings. The lowest BCUT2D eigenvalue weighted by Crippen LogP contribution is -2.43. The number of anilines is 1. The Kier molecular flexibility index (Phi) is 4.41. The summed E-state index contributed by atoms with van der Waals surface area (Å²) in [5.74, 6) is 1.62. The Bertz CT molecular complexity index is 751. The van der Waals surface area contributed by atoms with E-state index < -0.39 is 0 Å². The van der Waals surface area contributed by atoms with Crippen LogP contribution in [-0.4, -0.2) is 30.8 Å². The number of carbonyl (C=O) groups is 1. The van der Waals surface area contributed by atoms with Gasteiger partial charge >= 0.3 is 0 Å². The molecule has 6 nitrogen and oxygen atoms in total. The quantitative estimate of drug-likeness (QED) is 0.926. The van der Waals surface area contributed by atoms with Crippen molar-refractivity contribution in [1.82, 2.24) is 10.3 Å². The molecule has 3 heterocycles. The van der Waals surface area contributed by atoms with Crippen LogP contribution in [0, 0.1) is 5.92 Å². The fourth-order valence-corrected chi connectivity index (χ4v) is 3.36. The highest BCUT2D eigenvalue weighted by molar-refractivity contribution is 5.79. The molecule has 1 N–H and O–H groups in total. The Hall–Kier alpha value is -2.76.